The molecule has 1 aliphatic heterocycles. The van der Waals surface area contributed by atoms with E-state index in [2.05, 4.69) is 27.0 Å². The number of aromatic nitrogens is 1. The molecular formula is C22H21N5O3. The molecule has 0 spiro atoms. The zero-order chi connectivity index (χ0) is 20.9. The number of hydrogen-bond donors (Lipinski definition) is 3. The number of para-hydroxylation sites is 1. The van der Waals surface area contributed by atoms with Crippen LogP contribution in [0.25, 0.3) is 10.9 Å². The van der Waals surface area contributed by atoms with Gasteiger partial charge >= 0.3 is 6.03 Å². The van der Waals surface area contributed by atoms with Gasteiger partial charge in [0.15, 0.2) is 11.5 Å². The number of urea groups is 1. The molecule has 0 saturated carbocycles. The molecule has 8 heteroatoms. The number of nitrogens with zero attached hydrogens (tertiary/aromatic N) is 2. The minimum atomic E-state index is -0.280. The summed E-state index contributed by atoms with van der Waals surface area (Å²) >= 11 is 0. The molecule has 152 valence electrons. The van der Waals surface area contributed by atoms with Crippen molar-refractivity contribution in [2.24, 2.45) is 0 Å². The van der Waals surface area contributed by atoms with E-state index < -0.39 is 0 Å². The molecule has 0 atom stereocenters. The summed E-state index contributed by atoms with van der Waals surface area (Å²) in [6, 6.07) is 14.9. The number of benzene rings is 2. The van der Waals surface area contributed by atoms with E-state index in [9.17, 15) is 10.1 Å². The van der Waals surface area contributed by atoms with E-state index in [1.54, 1.807) is 12.1 Å². The fourth-order valence-corrected chi connectivity index (χ4v) is 3.26. The van der Waals surface area contributed by atoms with Gasteiger partial charge in [0.2, 0.25) is 6.79 Å². The first-order chi connectivity index (χ1) is 14.7. The van der Waals surface area contributed by atoms with Crippen molar-refractivity contribution in [2.75, 3.05) is 30.5 Å². The highest BCUT2D eigenvalue weighted by Crippen LogP contribution is 2.36. The molecule has 3 aromatic rings. The SMILES string of the molecule is CCc1ccccc1NC(=O)NCCNc1nc2cc3c(cc2cc1C#N)OCO3. The van der Waals surface area contributed by atoms with Crippen LogP contribution in [0.3, 0.4) is 0 Å². The van der Waals surface area contributed by atoms with Gasteiger partial charge in [0, 0.05) is 30.2 Å². The molecule has 2 amide bonds. The van der Waals surface area contributed by atoms with Crippen LogP contribution < -0.4 is 25.4 Å². The van der Waals surface area contributed by atoms with Crippen molar-refractivity contribution in [2.45, 2.75) is 13.3 Å². The van der Waals surface area contributed by atoms with Crippen LogP contribution in [0.5, 0.6) is 11.5 Å². The molecule has 3 N–H and O–H groups in total. The molecule has 0 unspecified atom stereocenters. The molecular weight excluding hydrogens is 382 g/mol. The van der Waals surface area contributed by atoms with E-state index in [-0.39, 0.29) is 12.8 Å². The van der Waals surface area contributed by atoms with Gasteiger partial charge in [-0.05, 0) is 30.2 Å². The molecule has 0 saturated heterocycles. The maximum atomic E-state index is 12.2. The molecule has 0 aliphatic carbocycles. The first-order valence-electron chi connectivity index (χ1n) is 9.69. The Labute approximate surface area is 173 Å². The Morgan fingerprint density at radius 2 is 1.97 bits per heavy atom. The predicted octanol–water partition coefficient (Wildman–Crippen LogP) is 3.63. The summed E-state index contributed by atoms with van der Waals surface area (Å²) in [5.41, 5.74) is 2.99. The third kappa shape index (κ3) is 4.05. The Kier molecular flexibility index (Phi) is 5.52. The summed E-state index contributed by atoms with van der Waals surface area (Å²) in [6.07, 6.45) is 0.836. The minimum absolute atomic E-state index is 0.179. The monoisotopic (exact) mass is 403 g/mol. The maximum Gasteiger partial charge on any atom is 0.319 e. The van der Waals surface area contributed by atoms with Gasteiger partial charge in [0.1, 0.15) is 11.9 Å². The highest BCUT2D eigenvalue weighted by Gasteiger charge is 2.16. The quantitative estimate of drug-likeness (QED) is 0.543. The van der Waals surface area contributed by atoms with Crippen LogP contribution in [-0.4, -0.2) is 30.9 Å². The number of rotatable bonds is 6. The average molecular weight is 403 g/mol. The van der Waals surface area contributed by atoms with E-state index in [0.717, 1.165) is 23.1 Å². The summed E-state index contributed by atoms with van der Waals surface area (Å²) in [5, 5.41) is 19.0. The zero-order valence-corrected chi connectivity index (χ0v) is 16.5. The standard InChI is InChI=1S/C22H21N5O3/c1-2-14-5-3-4-6-17(14)27-22(28)25-8-7-24-21-16(12-23)9-15-10-19-20(30-13-29-19)11-18(15)26-21/h3-6,9-11H,2,7-8,13H2,1H3,(H,24,26)(H2,25,27,28). The minimum Gasteiger partial charge on any atom is -0.454 e. The summed E-state index contributed by atoms with van der Waals surface area (Å²) in [6.45, 7) is 3.00. The van der Waals surface area contributed by atoms with Crippen molar-refractivity contribution in [1.29, 1.82) is 5.26 Å². The predicted molar refractivity (Wildman–Crippen MR) is 114 cm³/mol. The van der Waals surface area contributed by atoms with E-state index >= 15 is 0 Å². The second-order valence-electron chi connectivity index (χ2n) is 6.71. The molecule has 1 aromatic heterocycles. The lowest BCUT2D eigenvalue weighted by Gasteiger charge is -2.12. The third-order valence-corrected chi connectivity index (χ3v) is 4.78. The lowest BCUT2D eigenvalue weighted by molar-refractivity contribution is 0.174. The van der Waals surface area contributed by atoms with Gasteiger partial charge in [-0.2, -0.15) is 5.26 Å². The van der Waals surface area contributed by atoms with E-state index in [1.807, 2.05) is 37.3 Å². The fraction of sp³-hybridized carbons (Fsp3) is 0.227. The van der Waals surface area contributed by atoms with Crippen LogP contribution >= 0.6 is 0 Å². The van der Waals surface area contributed by atoms with Crippen LogP contribution in [-0.2, 0) is 6.42 Å². The van der Waals surface area contributed by atoms with Crippen molar-refractivity contribution >= 4 is 28.4 Å². The normalized spacial score (nSPS) is 11.7. The Balaban J connectivity index is 1.37. The summed E-state index contributed by atoms with van der Waals surface area (Å²) in [7, 11) is 0. The zero-order valence-electron chi connectivity index (χ0n) is 16.5. The molecule has 0 fully saturated rings. The van der Waals surface area contributed by atoms with E-state index in [0.29, 0.717) is 41.5 Å². The van der Waals surface area contributed by atoms with E-state index in [4.69, 9.17) is 9.47 Å². The fourth-order valence-electron chi connectivity index (χ4n) is 3.26. The third-order valence-electron chi connectivity index (χ3n) is 4.78. The van der Waals surface area contributed by atoms with E-state index in [1.165, 1.54) is 0 Å². The topological polar surface area (TPSA) is 108 Å². The Bertz CT molecular complexity index is 1140. The number of fused-ring (bicyclic) bond motifs is 2. The van der Waals surface area contributed by atoms with Crippen molar-refractivity contribution in [3.63, 3.8) is 0 Å². The number of nitriles is 1. The first-order valence-corrected chi connectivity index (χ1v) is 9.69. The van der Waals surface area contributed by atoms with Crippen LogP contribution in [0.15, 0.2) is 42.5 Å². The van der Waals surface area contributed by atoms with Crippen molar-refractivity contribution in [3.05, 3.63) is 53.6 Å². The van der Waals surface area contributed by atoms with Crippen molar-refractivity contribution in [3.8, 4) is 17.6 Å². The largest absolute Gasteiger partial charge is 0.454 e. The summed E-state index contributed by atoms with van der Waals surface area (Å²) in [4.78, 5) is 16.7. The summed E-state index contributed by atoms with van der Waals surface area (Å²) < 4.78 is 10.8. The number of nitrogens with one attached hydrogen (secondary N) is 3. The van der Waals surface area contributed by atoms with Gasteiger partial charge in [-0.3, -0.25) is 0 Å². The lowest BCUT2D eigenvalue weighted by atomic mass is 10.1. The van der Waals surface area contributed by atoms with Crippen LogP contribution in [0.1, 0.15) is 18.1 Å². The summed E-state index contributed by atoms with van der Waals surface area (Å²) in [5.74, 6) is 1.74. The van der Waals surface area contributed by atoms with Gasteiger partial charge in [-0.15, -0.1) is 0 Å². The van der Waals surface area contributed by atoms with Crippen LogP contribution in [0.2, 0.25) is 0 Å². The molecule has 2 aromatic carbocycles. The Morgan fingerprint density at radius 3 is 2.77 bits per heavy atom. The highest BCUT2D eigenvalue weighted by atomic mass is 16.7. The number of anilines is 2. The van der Waals surface area contributed by atoms with Crippen molar-refractivity contribution < 1.29 is 14.3 Å². The maximum absolute atomic E-state index is 12.2. The smallest absolute Gasteiger partial charge is 0.319 e. The van der Waals surface area contributed by atoms with Gasteiger partial charge in [-0.25, -0.2) is 9.78 Å². The molecule has 30 heavy (non-hydrogen) atoms. The van der Waals surface area contributed by atoms with Gasteiger partial charge in [-0.1, -0.05) is 25.1 Å². The second-order valence-corrected chi connectivity index (χ2v) is 6.71. The van der Waals surface area contributed by atoms with Crippen molar-refractivity contribution in [1.82, 2.24) is 10.3 Å². The molecule has 8 nitrogen and oxygen atoms in total. The van der Waals surface area contributed by atoms with Gasteiger partial charge < -0.3 is 25.4 Å². The lowest BCUT2D eigenvalue weighted by Crippen LogP contribution is -2.33. The molecule has 1 aliphatic rings. The number of aryl methyl sites for hydroxylation is 1. The molecule has 0 radical (unpaired) electrons. The molecule has 4 rings (SSSR count). The number of carbonyl (C=O) groups excluding carboxylic acids is 1. The Hall–Kier alpha value is -3.99. The number of pyridine rings is 1. The van der Waals surface area contributed by atoms with Crippen LogP contribution in [0, 0.1) is 11.3 Å². The highest BCUT2D eigenvalue weighted by molar-refractivity contribution is 5.90. The number of carbonyl (C=O) groups is 1. The molecule has 2 heterocycles. The Morgan fingerprint density at radius 1 is 1.17 bits per heavy atom. The van der Waals surface area contributed by atoms with Gasteiger partial charge in [0.05, 0.1) is 11.1 Å². The number of amides is 2. The van der Waals surface area contributed by atoms with Gasteiger partial charge in [0.25, 0.3) is 0 Å². The van der Waals surface area contributed by atoms with Crippen LogP contribution in [0.4, 0.5) is 16.3 Å². The number of ether oxygens (including phenoxy) is 2. The average Bonchev–Trinajstić information content (AvgIpc) is 3.22. The second kappa shape index (κ2) is 8.57. The first kappa shape index (κ1) is 19.3. The number of hydrogen-bond acceptors (Lipinski definition) is 6. The molecule has 0 bridgehead atoms.